The SMILES string of the molecule is CC(=O)Oc1ccc(Cc2ccc(OC(C)=O)cc2)cc1. The van der Waals surface area contributed by atoms with E-state index in [1.807, 2.05) is 24.3 Å². The molecular weight excluding hydrogens is 268 g/mol. The Morgan fingerprint density at radius 1 is 0.714 bits per heavy atom. The summed E-state index contributed by atoms with van der Waals surface area (Å²) in [6.07, 6.45) is 0.751. The molecule has 0 aliphatic carbocycles. The van der Waals surface area contributed by atoms with Crippen LogP contribution in [-0.2, 0) is 16.0 Å². The zero-order chi connectivity index (χ0) is 15.2. The summed E-state index contributed by atoms with van der Waals surface area (Å²) < 4.78 is 9.97. The predicted octanol–water partition coefficient (Wildman–Crippen LogP) is 3.13. The zero-order valence-corrected chi connectivity index (χ0v) is 12.0. The molecule has 4 heteroatoms. The minimum absolute atomic E-state index is 0.330. The van der Waals surface area contributed by atoms with Gasteiger partial charge in [-0.3, -0.25) is 9.59 Å². The zero-order valence-electron chi connectivity index (χ0n) is 12.0. The Morgan fingerprint density at radius 2 is 1.05 bits per heavy atom. The summed E-state index contributed by atoms with van der Waals surface area (Å²) in [6.45, 7) is 2.75. The molecule has 2 rings (SSSR count). The van der Waals surface area contributed by atoms with Gasteiger partial charge < -0.3 is 9.47 Å². The van der Waals surface area contributed by atoms with Crippen LogP contribution in [0, 0.1) is 0 Å². The highest BCUT2D eigenvalue weighted by atomic mass is 16.5. The summed E-state index contributed by atoms with van der Waals surface area (Å²) in [4.78, 5) is 21.7. The molecule has 0 fully saturated rings. The van der Waals surface area contributed by atoms with Crippen molar-refractivity contribution in [3.05, 3.63) is 59.7 Å². The Balaban J connectivity index is 2.01. The topological polar surface area (TPSA) is 52.6 Å². The highest BCUT2D eigenvalue weighted by molar-refractivity contribution is 5.69. The molecule has 0 aliphatic heterocycles. The molecule has 0 aliphatic rings. The molecule has 2 aromatic rings. The van der Waals surface area contributed by atoms with E-state index in [4.69, 9.17) is 9.47 Å². The van der Waals surface area contributed by atoms with Crippen molar-refractivity contribution in [3.8, 4) is 11.5 Å². The third-order valence-electron chi connectivity index (χ3n) is 2.78. The molecule has 21 heavy (non-hydrogen) atoms. The van der Waals surface area contributed by atoms with E-state index >= 15 is 0 Å². The minimum atomic E-state index is -0.330. The Hall–Kier alpha value is -2.62. The monoisotopic (exact) mass is 284 g/mol. The van der Waals surface area contributed by atoms with Crippen molar-refractivity contribution in [1.82, 2.24) is 0 Å². The van der Waals surface area contributed by atoms with E-state index in [0.717, 1.165) is 17.5 Å². The second-order valence-electron chi connectivity index (χ2n) is 4.65. The van der Waals surface area contributed by atoms with Crippen LogP contribution in [0.15, 0.2) is 48.5 Å². The molecule has 0 spiro atoms. The smallest absolute Gasteiger partial charge is 0.308 e. The fraction of sp³-hybridized carbons (Fsp3) is 0.176. The van der Waals surface area contributed by atoms with Gasteiger partial charge >= 0.3 is 11.9 Å². The summed E-state index contributed by atoms with van der Waals surface area (Å²) in [6, 6.07) is 14.7. The van der Waals surface area contributed by atoms with Crippen LogP contribution in [0.1, 0.15) is 25.0 Å². The molecule has 0 aromatic heterocycles. The minimum Gasteiger partial charge on any atom is -0.427 e. The molecule has 108 valence electrons. The average Bonchev–Trinajstić information content (AvgIpc) is 2.42. The summed E-state index contributed by atoms with van der Waals surface area (Å²) in [7, 11) is 0. The number of benzene rings is 2. The largest absolute Gasteiger partial charge is 0.427 e. The first-order valence-corrected chi connectivity index (χ1v) is 6.57. The van der Waals surface area contributed by atoms with Gasteiger partial charge in [-0.15, -0.1) is 0 Å². The van der Waals surface area contributed by atoms with Gasteiger partial charge in [-0.25, -0.2) is 0 Å². The Morgan fingerprint density at radius 3 is 1.33 bits per heavy atom. The number of esters is 2. The van der Waals surface area contributed by atoms with Crippen LogP contribution in [0.4, 0.5) is 0 Å². The molecular formula is C17H16O4. The van der Waals surface area contributed by atoms with Crippen LogP contribution >= 0.6 is 0 Å². The number of carbonyl (C=O) groups excluding carboxylic acids is 2. The van der Waals surface area contributed by atoms with Crippen LogP contribution in [0.25, 0.3) is 0 Å². The quantitative estimate of drug-likeness (QED) is 0.639. The Labute approximate surface area is 123 Å². The normalized spacial score (nSPS) is 10.0. The lowest BCUT2D eigenvalue weighted by Gasteiger charge is -2.06. The van der Waals surface area contributed by atoms with Gasteiger partial charge in [-0.1, -0.05) is 24.3 Å². The Kier molecular flexibility index (Phi) is 4.72. The van der Waals surface area contributed by atoms with Crippen LogP contribution in [0.5, 0.6) is 11.5 Å². The van der Waals surface area contributed by atoms with E-state index in [2.05, 4.69) is 0 Å². The van der Waals surface area contributed by atoms with Crippen LogP contribution in [0.3, 0.4) is 0 Å². The van der Waals surface area contributed by atoms with Gasteiger partial charge in [-0.05, 0) is 41.8 Å². The Bertz CT molecular complexity index is 569. The van der Waals surface area contributed by atoms with Crippen LogP contribution in [0.2, 0.25) is 0 Å². The van der Waals surface area contributed by atoms with Crippen molar-refractivity contribution in [2.24, 2.45) is 0 Å². The van der Waals surface area contributed by atoms with Gasteiger partial charge in [0.15, 0.2) is 0 Å². The van der Waals surface area contributed by atoms with Crippen LogP contribution < -0.4 is 9.47 Å². The number of ether oxygens (including phenoxy) is 2. The third kappa shape index (κ3) is 4.76. The van der Waals surface area contributed by atoms with Crippen molar-refractivity contribution >= 4 is 11.9 Å². The molecule has 0 N–H and O–H groups in total. The molecule has 2 aromatic carbocycles. The highest BCUT2D eigenvalue weighted by Crippen LogP contribution is 2.18. The molecule has 0 radical (unpaired) electrons. The number of carbonyl (C=O) groups is 2. The van der Waals surface area contributed by atoms with Crippen molar-refractivity contribution < 1.29 is 19.1 Å². The maximum Gasteiger partial charge on any atom is 0.308 e. The van der Waals surface area contributed by atoms with Gasteiger partial charge in [-0.2, -0.15) is 0 Å². The average molecular weight is 284 g/mol. The number of hydrogen-bond acceptors (Lipinski definition) is 4. The predicted molar refractivity (Wildman–Crippen MR) is 78.3 cm³/mol. The maximum absolute atomic E-state index is 10.8. The molecule has 0 heterocycles. The van der Waals surface area contributed by atoms with E-state index < -0.39 is 0 Å². The molecule has 0 amide bonds. The number of hydrogen-bond donors (Lipinski definition) is 0. The summed E-state index contributed by atoms with van der Waals surface area (Å²) in [5.74, 6) is 0.417. The summed E-state index contributed by atoms with van der Waals surface area (Å²) in [5, 5.41) is 0. The highest BCUT2D eigenvalue weighted by Gasteiger charge is 2.02. The molecule has 0 unspecified atom stereocenters. The van der Waals surface area contributed by atoms with E-state index in [1.165, 1.54) is 13.8 Å². The first-order valence-electron chi connectivity index (χ1n) is 6.57. The van der Waals surface area contributed by atoms with Gasteiger partial charge in [0, 0.05) is 13.8 Å². The standard InChI is InChI=1S/C17H16O4/c1-12(18)20-16-7-3-14(4-8-16)11-15-5-9-17(10-6-15)21-13(2)19/h3-10H,11H2,1-2H3. The van der Waals surface area contributed by atoms with Gasteiger partial charge in [0.2, 0.25) is 0 Å². The van der Waals surface area contributed by atoms with E-state index in [-0.39, 0.29) is 11.9 Å². The molecule has 0 atom stereocenters. The second kappa shape index (κ2) is 6.70. The van der Waals surface area contributed by atoms with E-state index in [0.29, 0.717) is 11.5 Å². The first-order chi connectivity index (χ1) is 10.0. The van der Waals surface area contributed by atoms with E-state index in [1.54, 1.807) is 24.3 Å². The van der Waals surface area contributed by atoms with Gasteiger partial charge in [0.25, 0.3) is 0 Å². The fourth-order valence-electron chi connectivity index (χ4n) is 1.92. The summed E-state index contributed by atoms with van der Waals surface area (Å²) in [5.41, 5.74) is 2.21. The van der Waals surface area contributed by atoms with Crippen molar-refractivity contribution in [3.63, 3.8) is 0 Å². The molecule has 0 bridgehead atoms. The molecule has 0 saturated heterocycles. The lowest BCUT2D eigenvalue weighted by molar-refractivity contribution is -0.132. The lowest BCUT2D eigenvalue weighted by atomic mass is 10.0. The first kappa shape index (κ1) is 14.8. The molecule has 0 saturated carbocycles. The van der Waals surface area contributed by atoms with Crippen molar-refractivity contribution in [1.29, 1.82) is 0 Å². The third-order valence-corrected chi connectivity index (χ3v) is 2.78. The van der Waals surface area contributed by atoms with Crippen molar-refractivity contribution in [2.75, 3.05) is 0 Å². The van der Waals surface area contributed by atoms with E-state index in [9.17, 15) is 9.59 Å². The van der Waals surface area contributed by atoms with Crippen molar-refractivity contribution in [2.45, 2.75) is 20.3 Å². The fourth-order valence-corrected chi connectivity index (χ4v) is 1.92. The second-order valence-corrected chi connectivity index (χ2v) is 4.65. The van der Waals surface area contributed by atoms with Gasteiger partial charge in [0.1, 0.15) is 11.5 Å². The number of rotatable bonds is 4. The lowest BCUT2D eigenvalue weighted by Crippen LogP contribution is -2.01. The maximum atomic E-state index is 10.8. The van der Waals surface area contributed by atoms with Gasteiger partial charge in [0.05, 0.1) is 0 Å². The summed E-state index contributed by atoms with van der Waals surface area (Å²) >= 11 is 0. The molecule has 4 nitrogen and oxygen atoms in total. The van der Waals surface area contributed by atoms with Crippen LogP contribution in [-0.4, -0.2) is 11.9 Å².